The van der Waals surface area contributed by atoms with Gasteiger partial charge in [0.25, 0.3) is 11.6 Å². The molecule has 0 spiro atoms. The lowest BCUT2D eigenvalue weighted by molar-refractivity contribution is -0.384. The highest BCUT2D eigenvalue weighted by molar-refractivity contribution is 7.89. The molecule has 9 heteroatoms. The molecule has 0 aliphatic heterocycles. The Balaban J connectivity index is 1.89. The monoisotopic (exact) mass is 377 g/mol. The third-order valence-electron chi connectivity index (χ3n) is 3.83. The molecule has 0 atom stereocenters. The number of nitrogens with zero attached hydrogens (tertiary/aromatic N) is 1. The maximum atomic E-state index is 12.1. The van der Waals surface area contributed by atoms with Gasteiger partial charge in [-0.15, -0.1) is 0 Å². The van der Waals surface area contributed by atoms with Crippen LogP contribution in [-0.2, 0) is 10.0 Å². The van der Waals surface area contributed by atoms with Gasteiger partial charge in [-0.2, -0.15) is 0 Å². The van der Waals surface area contributed by atoms with Crippen LogP contribution in [0.15, 0.2) is 47.4 Å². The number of carbonyl (C=O) groups excluding carboxylic acids is 1. The van der Waals surface area contributed by atoms with Crippen molar-refractivity contribution in [2.75, 3.05) is 13.1 Å². The normalized spacial score (nSPS) is 11.2. The largest absolute Gasteiger partial charge is 0.351 e. The molecule has 138 valence electrons. The summed E-state index contributed by atoms with van der Waals surface area (Å²) >= 11 is 0. The summed E-state index contributed by atoms with van der Waals surface area (Å²) in [6.45, 7) is 3.96. The van der Waals surface area contributed by atoms with Gasteiger partial charge in [-0.1, -0.05) is 6.07 Å². The van der Waals surface area contributed by atoms with Crippen LogP contribution in [0.2, 0.25) is 0 Å². The quantitative estimate of drug-likeness (QED) is 0.434. The molecule has 0 heterocycles. The molecular weight excluding hydrogens is 358 g/mol. The third-order valence-corrected chi connectivity index (χ3v) is 5.31. The fraction of sp³-hybridized carbons (Fsp3) is 0.235. The Morgan fingerprint density at radius 1 is 1.04 bits per heavy atom. The maximum Gasteiger partial charge on any atom is 0.269 e. The summed E-state index contributed by atoms with van der Waals surface area (Å²) in [4.78, 5) is 22.0. The lowest BCUT2D eigenvalue weighted by Crippen LogP contribution is -2.34. The lowest BCUT2D eigenvalue weighted by atomic mass is 10.1. The van der Waals surface area contributed by atoms with Crippen molar-refractivity contribution < 1.29 is 18.1 Å². The van der Waals surface area contributed by atoms with Crippen LogP contribution in [0.4, 0.5) is 5.69 Å². The van der Waals surface area contributed by atoms with E-state index in [9.17, 15) is 23.3 Å². The van der Waals surface area contributed by atoms with Gasteiger partial charge in [0.15, 0.2) is 0 Å². The molecule has 0 fully saturated rings. The van der Waals surface area contributed by atoms with Crippen LogP contribution in [-0.4, -0.2) is 32.3 Å². The number of sulfonamides is 1. The summed E-state index contributed by atoms with van der Waals surface area (Å²) in [5.74, 6) is -0.289. The van der Waals surface area contributed by atoms with E-state index in [0.29, 0.717) is 5.56 Å². The van der Waals surface area contributed by atoms with E-state index in [1.807, 2.05) is 19.9 Å². The number of non-ortho nitro benzene ring substituents is 1. The molecule has 8 nitrogen and oxygen atoms in total. The number of rotatable bonds is 7. The van der Waals surface area contributed by atoms with Crippen LogP contribution in [0.5, 0.6) is 0 Å². The molecule has 2 aromatic carbocycles. The number of nitro groups is 1. The molecule has 2 rings (SSSR count). The smallest absolute Gasteiger partial charge is 0.269 e. The van der Waals surface area contributed by atoms with E-state index < -0.39 is 14.9 Å². The van der Waals surface area contributed by atoms with Crippen molar-refractivity contribution >= 4 is 21.6 Å². The second kappa shape index (κ2) is 8.07. The SMILES string of the molecule is Cc1ccc(C(=O)NCCNS(=O)(=O)c2ccc([N+](=O)[O-])cc2)cc1C. The Morgan fingerprint density at radius 2 is 1.69 bits per heavy atom. The Kier molecular flexibility index (Phi) is 6.06. The Bertz CT molecular complexity index is 924. The zero-order chi connectivity index (χ0) is 19.3. The van der Waals surface area contributed by atoms with Crippen LogP contribution in [0.1, 0.15) is 21.5 Å². The van der Waals surface area contributed by atoms with E-state index in [0.717, 1.165) is 35.4 Å². The zero-order valence-electron chi connectivity index (χ0n) is 14.4. The predicted molar refractivity (Wildman–Crippen MR) is 96.5 cm³/mol. The average molecular weight is 377 g/mol. The van der Waals surface area contributed by atoms with Gasteiger partial charge in [0.1, 0.15) is 0 Å². The first-order chi connectivity index (χ1) is 12.2. The molecule has 1 amide bonds. The number of hydrogen-bond acceptors (Lipinski definition) is 5. The van der Waals surface area contributed by atoms with Crippen LogP contribution >= 0.6 is 0 Å². The minimum Gasteiger partial charge on any atom is -0.351 e. The molecule has 0 saturated heterocycles. The Morgan fingerprint density at radius 3 is 2.27 bits per heavy atom. The van der Waals surface area contributed by atoms with Gasteiger partial charge in [-0.25, -0.2) is 13.1 Å². The van der Waals surface area contributed by atoms with Crippen molar-refractivity contribution in [2.24, 2.45) is 0 Å². The molecular formula is C17H19N3O5S. The molecule has 0 radical (unpaired) electrons. The van der Waals surface area contributed by atoms with Crippen LogP contribution in [0.3, 0.4) is 0 Å². The van der Waals surface area contributed by atoms with Gasteiger partial charge in [-0.05, 0) is 49.2 Å². The first-order valence-electron chi connectivity index (χ1n) is 7.80. The van der Waals surface area contributed by atoms with E-state index in [-0.39, 0.29) is 29.6 Å². The van der Waals surface area contributed by atoms with Crippen LogP contribution in [0, 0.1) is 24.0 Å². The molecule has 0 aliphatic carbocycles. The van der Waals surface area contributed by atoms with Crippen LogP contribution in [0.25, 0.3) is 0 Å². The standard InChI is InChI=1S/C17H19N3O5S/c1-12-3-4-14(11-13(12)2)17(21)18-9-10-19-26(24,25)16-7-5-15(6-8-16)20(22)23/h3-8,11,19H,9-10H2,1-2H3,(H,18,21). The van der Waals surface area contributed by atoms with E-state index in [4.69, 9.17) is 0 Å². The van der Waals surface area contributed by atoms with Crippen molar-refractivity contribution in [1.29, 1.82) is 0 Å². The van der Waals surface area contributed by atoms with Gasteiger partial charge >= 0.3 is 0 Å². The van der Waals surface area contributed by atoms with Gasteiger partial charge in [-0.3, -0.25) is 14.9 Å². The topological polar surface area (TPSA) is 118 Å². The summed E-state index contributed by atoms with van der Waals surface area (Å²) in [6.07, 6.45) is 0. The first-order valence-corrected chi connectivity index (χ1v) is 9.28. The highest BCUT2D eigenvalue weighted by Gasteiger charge is 2.15. The highest BCUT2D eigenvalue weighted by atomic mass is 32.2. The molecule has 2 N–H and O–H groups in total. The van der Waals surface area contributed by atoms with Crippen molar-refractivity contribution in [3.8, 4) is 0 Å². The second-order valence-corrected chi connectivity index (χ2v) is 7.47. The predicted octanol–water partition coefficient (Wildman–Crippen LogP) is 1.92. The number of aryl methyl sites for hydroxylation is 2. The minimum atomic E-state index is -3.80. The lowest BCUT2D eigenvalue weighted by Gasteiger charge is -2.09. The van der Waals surface area contributed by atoms with Gasteiger partial charge in [0.2, 0.25) is 10.0 Å². The summed E-state index contributed by atoms with van der Waals surface area (Å²) in [5, 5.41) is 13.2. The van der Waals surface area contributed by atoms with E-state index in [1.165, 1.54) is 0 Å². The number of benzene rings is 2. The third kappa shape index (κ3) is 4.87. The number of nitrogens with one attached hydrogen (secondary N) is 2. The van der Waals surface area contributed by atoms with Crippen molar-refractivity contribution in [3.63, 3.8) is 0 Å². The maximum absolute atomic E-state index is 12.1. The van der Waals surface area contributed by atoms with Crippen molar-refractivity contribution in [3.05, 3.63) is 69.3 Å². The Hall–Kier alpha value is -2.78. The fourth-order valence-corrected chi connectivity index (χ4v) is 3.21. The van der Waals surface area contributed by atoms with E-state index >= 15 is 0 Å². The summed E-state index contributed by atoms with van der Waals surface area (Å²) < 4.78 is 26.6. The molecule has 0 saturated carbocycles. The number of carbonyl (C=O) groups is 1. The summed E-state index contributed by atoms with van der Waals surface area (Å²) in [7, 11) is -3.80. The number of hydrogen-bond donors (Lipinski definition) is 2. The molecule has 26 heavy (non-hydrogen) atoms. The van der Waals surface area contributed by atoms with Crippen LogP contribution < -0.4 is 10.0 Å². The Labute approximate surface area is 151 Å². The average Bonchev–Trinajstić information content (AvgIpc) is 2.61. The summed E-state index contributed by atoms with van der Waals surface area (Å²) in [5.41, 5.74) is 2.39. The van der Waals surface area contributed by atoms with E-state index in [1.54, 1.807) is 12.1 Å². The molecule has 0 bridgehead atoms. The number of nitro benzene ring substituents is 1. The molecule has 0 aliphatic rings. The number of amides is 1. The second-order valence-electron chi connectivity index (χ2n) is 5.70. The molecule has 0 unspecified atom stereocenters. The van der Waals surface area contributed by atoms with Gasteiger partial charge < -0.3 is 5.32 Å². The first kappa shape index (κ1) is 19.5. The van der Waals surface area contributed by atoms with Crippen molar-refractivity contribution in [2.45, 2.75) is 18.7 Å². The van der Waals surface area contributed by atoms with Crippen molar-refractivity contribution in [1.82, 2.24) is 10.0 Å². The van der Waals surface area contributed by atoms with E-state index in [2.05, 4.69) is 10.0 Å². The minimum absolute atomic E-state index is 0.00406. The van der Waals surface area contributed by atoms with Gasteiger partial charge in [0, 0.05) is 30.8 Å². The fourth-order valence-electron chi connectivity index (χ4n) is 2.18. The summed E-state index contributed by atoms with van der Waals surface area (Å²) in [6, 6.07) is 9.89. The van der Waals surface area contributed by atoms with Gasteiger partial charge in [0.05, 0.1) is 9.82 Å². The molecule has 2 aromatic rings. The zero-order valence-corrected chi connectivity index (χ0v) is 15.2. The molecule has 0 aromatic heterocycles. The highest BCUT2D eigenvalue weighted by Crippen LogP contribution is 2.15.